The quantitative estimate of drug-likeness (QED) is 0.182. The average Bonchev–Trinajstić information content (AvgIpc) is 3.36. The van der Waals surface area contributed by atoms with E-state index < -0.39 is 30.0 Å². The summed E-state index contributed by atoms with van der Waals surface area (Å²) in [5, 5.41) is 11.4. The maximum atomic E-state index is 13.9. The van der Waals surface area contributed by atoms with Gasteiger partial charge in [0.2, 0.25) is 5.92 Å². The van der Waals surface area contributed by atoms with E-state index in [0.717, 1.165) is 22.2 Å². The number of fused-ring (bicyclic) bond motifs is 1. The molecule has 0 aliphatic heterocycles. The van der Waals surface area contributed by atoms with Gasteiger partial charge in [0.25, 0.3) is 5.95 Å². The zero-order valence-corrected chi connectivity index (χ0v) is 28.3. The second-order valence-corrected chi connectivity index (χ2v) is 20.6. The van der Waals surface area contributed by atoms with Crippen molar-refractivity contribution < 1.29 is 17.4 Å². The maximum absolute atomic E-state index is 13.9. The topological polar surface area (TPSA) is 109 Å². The second-order valence-electron chi connectivity index (χ2n) is 14.1. The lowest BCUT2D eigenvalue weighted by Crippen LogP contribution is -2.42. The standard InChI is InChI=1S/C32H42F2N6O2SSi/c1-30(2,3)44(6,7)42-20-24-13-14-36-29(38-24)40-28-15-21(11-12-22(28)19-37-40)26-9-8-10-27(39-26)25(18-31(4,5)43(35)41)23-16-32(33,34)17-23/h8-15,19,23,25H,16-18,20,35H2,1-7H3/t25-,43?/m0/s1. The molecule has 4 aromatic rings. The molecule has 0 bridgehead atoms. The fourth-order valence-corrected chi connectivity index (χ4v) is 6.60. The maximum Gasteiger partial charge on any atom is 0.251 e. The van der Waals surface area contributed by atoms with Crippen molar-refractivity contribution >= 4 is 30.2 Å². The fourth-order valence-electron chi connectivity index (χ4n) is 5.31. The van der Waals surface area contributed by atoms with E-state index in [9.17, 15) is 13.0 Å². The zero-order chi connectivity index (χ0) is 32.1. The third-order valence-electron chi connectivity index (χ3n) is 9.24. The summed E-state index contributed by atoms with van der Waals surface area (Å²) in [4.78, 5) is 14.2. The SMILES string of the molecule is CC(C)(C[C@H](c1cccc(-c2ccc3cnn(-c4nccc(CO[Si](C)(C)C(C)(C)C)n4)c3c2)n1)C1CC(F)(F)C1)S(N)=O. The molecule has 236 valence electrons. The highest BCUT2D eigenvalue weighted by Gasteiger charge is 2.50. The predicted octanol–water partition coefficient (Wildman–Crippen LogP) is 7.32. The summed E-state index contributed by atoms with van der Waals surface area (Å²) in [6, 6.07) is 13.5. The summed E-state index contributed by atoms with van der Waals surface area (Å²) in [6.45, 7) is 15.1. The Balaban J connectivity index is 1.45. The first-order valence-corrected chi connectivity index (χ1v) is 19.0. The van der Waals surface area contributed by atoms with Crippen molar-refractivity contribution in [3.8, 4) is 17.2 Å². The van der Waals surface area contributed by atoms with Crippen LogP contribution in [-0.2, 0) is 22.0 Å². The summed E-state index contributed by atoms with van der Waals surface area (Å²) in [7, 11) is -3.57. The van der Waals surface area contributed by atoms with Gasteiger partial charge in [-0.15, -0.1) is 0 Å². The Morgan fingerprint density at radius 3 is 2.50 bits per heavy atom. The van der Waals surface area contributed by atoms with Gasteiger partial charge in [-0.3, -0.25) is 10.1 Å². The van der Waals surface area contributed by atoms with Crippen LogP contribution in [0, 0.1) is 5.92 Å². The van der Waals surface area contributed by atoms with E-state index in [2.05, 4.69) is 43.9 Å². The first-order chi connectivity index (χ1) is 20.5. The number of pyridine rings is 1. The Hall–Kier alpha value is -2.93. The van der Waals surface area contributed by atoms with Gasteiger partial charge in [0.05, 0.1) is 45.4 Å². The van der Waals surface area contributed by atoms with E-state index in [1.807, 2.05) is 56.3 Å². The van der Waals surface area contributed by atoms with Crippen molar-refractivity contribution in [2.24, 2.45) is 11.1 Å². The van der Waals surface area contributed by atoms with E-state index in [1.54, 1.807) is 17.1 Å². The second kappa shape index (κ2) is 11.8. The van der Waals surface area contributed by atoms with Crippen molar-refractivity contribution in [2.45, 2.75) is 95.2 Å². The van der Waals surface area contributed by atoms with Crippen LogP contribution in [-0.4, -0.2) is 47.9 Å². The molecule has 5 rings (SSSR count). The molecule has 2 N–H and O–H groups in total. The summed E-state index contributed by atoms with van der Waals surface area (Å²) in [5.41, 5.74) is 3.85. The van der Waals surface area contributed by atoms with Crippen LogP contribution in [0.2, 0.25) is 18.1 Å². The summed E-state index contributed by atoms with van der Waals surface area (Å²) in [6.07, 6.45) is 3.47. The monoisotopic (exact) mass is 640 g/mol. The minimum absolute atomic E-state index is 0.0885. The number of benzene rings is 1. The van der Waals surface area contributed by atoms with E-state index >= 15 is 0 Å². The van der Waals surface area contributed by atoms with E-state index in [-0.39, 0.29) is 29.7 Å². The Morgan fingerprint density at radius 1 is 1.11 bits per heavy atom. The molecule has 3 aromatic heterocycles. The van der Waals surface area contributed by atoms with Crippen LogP contribution in [0.4, 0.5) is 8.78 Å². The Labute approximate surface area is 261 Å². The van der Waals surface area contributed by atoms with Crippen molar-refractivity contribution in [1.82, 2.24) is 24.7 Å². The minimum atomic E-state index is -2.67. The van der Waals surface area contributed by atoms with E-state index in [0.29, 0.717) is 30.4 Å². The molecular formula is C32H42F2N6O2SSi. The van der Waals surface area contributed by atoms with Gasteiger partial charge in [0.1, 0.15) is 0 Å². The Kier molecular flexibility index (Phi) is 8.69. The molecule has 1 unspecified atom stereocenters. The minimum Gasteiger partial charge on any atom is -0.411 e. The summed E-state index contributed by atoms with van der Waals surface area (Å²) < 4.78 is 47.5. The van der Waals surface area contributed by atoms with Crippen LogP contribution in [0.1, 0.15) is 71.2 Å². The first-order valence-electron chi connectivity index (χ1n) is 14.9. The lowest BCUT2D eigenvalue weighted by atomic mass is 9.69. The number of nitrogens with two attached hydrogens (primary N) is 1. The molecule has 0 saturated heterocycles. The highest BCUT2D eigenvalue weighted by atomic mass is 32.2. The number of alkyl halides is 2. The molecule has 8 nitrogen and oxygen atoms in total. The molecule has 3 heterocycles. The third-order valence-corrected chi connectivity index (χ3v) is 15.0. The molecule has 1 aromatic carbocycles. The third kappa shape index (κ3) is 6.83. The van der Waals surface area contributed by atoms with Crippen LogP contribution in [0.15, 0.2) is 54.9 Å². The average molecular weight is 641 g/mol. The van der Waals surface area contributed by atoms with Gasteiger partial charge in [0.15, 0.2) is 8.32 Å². The molecule has 1 aliphatic rings. The summed E-state index contributed by atoms with van der Waals surface area (Å²) >= 11 is 0. The lowest BCUT2D eigenvalue weighted by molar-refractivity contribution is -0.118. The molecule has 12 heteroatoms. The van der Waals surface area contributed by atoms with Crippen molar-refractivity contribution in [1.29, 1.82) is 0 Å². The molecule has 0 amide bonds. The van der Waals surface area contributed by atoms with Crippen LogP contribution in [0.3, 0.4) is 0 Å². The fraction of sp³-hybridized carbons (Fsp3) is 0.500. The smallest absolute Gasteiger partial charge is 0.251 e. The molecule has 1 aliphatic carbocycles. The first kappa shape index (κ1) is 32.5. The number of rotatable bonds is 10. The van der Waals surface area contributed by atoms with Crippen molar-refractivity contribution in [2.75, 3.05) is 0 Å². The molecule has 1 fully saturated rings. The summed E-state index contributed by atoms with van der Waals surface area (Å²) in [5.74, 6) is -2.79. The molecule has 44 heavy (non-hydrogen) atoms. The number of aromatic nitrogens is 5. The van der Waals surface area contributed by atoms with Gasteiger partial charge >= 0.3 is 0 Å². The highest BCUT2D eigenvalue weighted by molar-refractivity contribution is 7.84. The van der Waals surface area contributed by atoms with E-state index in [1.165, 1.54) is 0 Å². The van der Waals surface area contributed by atoms with Crippen LogP contribution in [0.25, 0.3) is 28.1 Å². The Bertz CT molecular complexity index is 1680. The van der Waals surface area contributed by atoms with Gasteiger partial charge in [-0.1, -0.05) is 39.0 Å². The number of halogens is 2. The number of hydrogen-bond donors (Lipinski definition) is 1. The van der Waals surface area contributed by atoms with Crippen LogP contribution < -0.4 is 5.14 Å². The van der Waals surface area contributed by atoms with Crippen LogP contribution >= 0.6 is 0 Å². The zero-order valence-electron chi connectivity index (χ0n) is 26.5. The van der Waals surface area contributed by atoms with Gasteiger partial charge in [-0.25, -0.2) is 23.0 Å². The molecular weight excluding hydrogens is 599 g/mol. The van der Waals surface area contributed by atoms with Gasteiger partial charge in [-0.05, 0) is 68.6 Å². The normalized spacial score (nSPS) is 17.4. The largest absolute Gasteiger partial charge is 0.411 e. The predicted molar refractivity (Wildman–Crippen MR) is 173 cm³/mol. The van der Waals surface area contributed by atoms with Gasteiger partial charge in [-0.2, -0.15) is 9.78 Å². The lowest BCUT2D eigenvalue weighted by Gasteiger charge is -2.42. The van der Waals surface area contributed by atoms with Crippen molar-refractivity contribution in [3.05, 3.63) is 66.2 Å². The highest BCUT2D eigenvalue weighted by Crippen LogP contribution is 2.51. The molecule has 2 atom stereocenters. The van der Waals surface area contributed by atoms with Crippen molar-refractivity contribution in [3.63, 3.8) is 0 Å². The molecule has 0 radical (unpaired) electrons. The van der Waals surface area contributed by atoms with E-state index in [4.69, 9.17) is 19.5 Å². The molecule has 0 spiro atoms. The van der Waals surface area contributed by atoms with Crippen LogP contribution in [0.5, 0.6) is 0 Å². The van der Waals surface area contributed by atoms with Gasteiger partial charge in [0, 0.05) is 41.6 Å². The Morgan fingerprint density at radius 2 is 1.84 bits per heavy atom. The number of hydrogen-bond acceptors (Lipinski definition) is 6. The van der Waals surface area contributed by atoms with Gasteiger partial charge < -0.3 is 4.43 Å². The number of nitrogens with zero attached hydrogens (tertiary/aromatic N) is 5. The molecule has 1 saturated carbocycles.